The van der Waals surface area contributed by atoms with Gasteiger partial charge in [-0.2, -0.15) is 0 Å². The third-order valence-corrected chi connectivity index (χ3v) is 6.01. The molecule has 9 heteroatoms. The first-order chi connectivity index (χ1) is 16.7. The van der Waals surface area contributed by atoms with Gasteiger partial charge in [0.25, 0.3) is 0 Å². The van der Waals surface area contributed by atoms with E-state index in [0.29, 0.717) is 35.4 Å². The van der Waals surface area contributed by atoms with Gasteiger partial charge in [0.15, 0.2) is 22.5 Å². The van der Waals surface area contributed by atoms with Gasteiger partial charge in [-0.25, -0.2) is 0 Å². The molecular weight excluding hydrogens is 450 g/mol. The molecule has 0 fully saturated rings. The standard InChI is InChI=1S/C25H25N5O3S/c1-32-21-11-10-18(15-22(21)33-2)12-14-27-23(31)17-34-25-29-28-24(19-7-6-13-26-16-19)30(25)20-8-4-3-5-9-20/h3-11,13,15-16H,12,14,17H2,1-2H3,(H,27,31). The maximum atomic E-state index is 12.5. The maximum absolute atomic E-state index is 12.5. The highest BCUT2D eigenvalue weighted by Gasteiger charge is 2.17. The predicted octanol–water partition coefficient (Wildman–Crippen LogP) is 3.80. The lowest BCUT2D eigenvalue weighted by atomic mass is 10.1. The number of pyridine rings is 1. The third-order valence-electron chi connectivity index (χ3n) is 5.08. The van der Waals surface area contributed by atoms with E-state index in [4.69, 9.17) is 9.47 Å². The lowest BCUT2D eigenvalue weighted by Gasteiger charge is -2.11. The number of benzene rings is 2. The Labute approximate surface area is 202 Å². The number of aromatic nitrogens is 4. The first kappa shape index (κ1) is 23.3. The molecule has 1 N–H and O–H groups in total. The summed E-state index contributed by atoms with van der Waals surface area (Å²) in [4.78, 5) is 16.7. The lowest BCUT2D eigenvalue weighted by molar-refractivity contribution is -0.118. The Kier molecular flexibility index (Phi) is 7.77. The summed E-state index contributed by atoms with van der Waals surface area (Å²) in [6, 6.07) is 19.4. The van der Waals surface area contributed by atoms with Crippen LogP contribution >= 0.6 is 11.8 Å². The summed E-state index contributed by atoms with van der Waals surface area (Å²) in [5.74, 6) is 2.18. The molecule has 34 heavy (non-hydrogen) atoms. The minimum absolute atomic E-state index is 0.0731. The lowest BCUT2D eigenvalue weighted by Crippen LogP contribution is -2.27. The van der Waals surface area contributed by atoms with Crippen LogP contribution in [0.15, 0.2) is 78.2 Å². The van der Waals surface area contributed by atoms with Gasteiger partial charge in [0.2, 0.25) is 5.91 Å². The minimum atomic E-state index is -0.0731. The highest BCUT2D eigenvalue weighted by Crippen LogP contribution is 2.28. The van der Waals surface area contributed by atoms with Gasteiger partial charge >= 0.3 is 0 Å². The molecule has 0 unspecified atom stereocenters. The molecule has 0 bridgehead atoms. The number of nitrogens with one attached hydrogen (secondary N) is 1. The van der Waals surface area contributed by atoms with Crippen molar-refractivity contribution < 1.29 is 14.3 Å². The topological polar surface area (TPSA) is 91.2 Å². The second-order valence-electron chi connectivity index (χ2n) is 7.30. The Morgan fingerprint density at radius 2 is 1.82 bits per heavy atom. The predicted molar refractivity (Wildman–Crippen MR) is 132 cm³/mol. The molecule has 8 nitrogen and oxygen atoms in total. The van der Waals surface area contributed by atoms with Crippen molar-refractivity contribution in [3.63, 3.8) is 0 Å². The van der Waals surface area contributed by atoms with Gasteiger partial charge in [0, 0.05) is 30.2 Å². The molecule has 0 aliphatic carbocycles. The quantitative estimate of drug-likeness (QED) is 0.349. The SMILES string of the molecule is COc1ccc(CCNC(=O)CSc2nnc(-c3cccnc3)n2-c2ccccc2)cc1OC. The van der Waals surface area contributed by atoms with Crippen molar-refractivity contribution in [1.29, 1.82) is 0 Å². The monoisotopic (exact) mass is 475 g/mol. The number of methoxy groups -OCH3 is 2. The van der Waals surface area contributed by atoms with Crippen molar-refractivity contribution in [2.75, 3.05) is 26.5 Å². The zero-order valence-electron chi connectivity index (χ0n) is 19.0. The van der Waals surface area contributed by atoms with Crippen molar-refractivity contribution in [1.82, 2.24) is 25.1 Å². The molecule has 0 radical (unpaired) electrons. The summed E-state index contributed by atoms with van der Waals surface area (Å²) in [5, 5.41) is 12.3. The number of hydrogen-bond acceptors (Lipinski definition) is 7. The molecule has 1 amide bonds. The number of thioether (sulfide) groups is 1. The molecule has 2 aromatic carbocycles. The van der Waals surface area contributed by atoms with Crippen LogP contribution in [-0.2, 0) is 11.2 Å². The minimum Gasteiger partial charge on any atom is -0.493 e. The van der Waals surface area contributed by atoms with Gasteiger partial charge < -0.3 is 14.8 Å². The normalized spacial score (nSPS) is 10.6. The number of para-hydroxylation sites is 1. The molecule has 0 saturated carbocycles. The van der Waals surface area contributed by atoms with Crippen LogP contribution in [-0.4, -0.2) is 52.2 Å². The molecule has 0 aliphatic rings. The molecule has 0 atom stereocenters. The molecular formula is C25H25N5O3S. The summed E-state index contributed by atoms with van der Waals surface area (Å²) < 4.78 is 12.5. The van der Waals surface area contributed by atoms with Crippen LogP contribution in [0, 0.1) is 0 Å². The van der Waals surface area contributed by atoms with E-state index in [0.717, 1.165) is 16.8 Å². The Balaban J connectivity index is 1.40. The van der Waals surface area contributed by atoms with Crippen molar-refractivity contribution in [2.45, 2.75) is 11.6 Å². The van der Waals surface area contributed by atoms with Crippen molar-refractivity contribution in [2.24, 2.45) is 0 Å². The second-order valence-corrected chi connectivity index (χ2v) is 8.24. The maximum Gasteiger partial charge on any atom is 0.230 e. The number of ether oxygens (including phenoxy) is 2. The van der Waals surface area contributed by atoms with Gasteiger partial charge in [-0.05, 0) is 48.4 Å². The first-order valence-corrected chi connectivity index (χ1v) is 11.7. The zero-order chi connectivity index (χ0) is 23.8. The smallest absolute Gasteiger partial charge is 0.230 e. The number of carbonyl (C=O) groups excluding carboxylic acids is 1. The van der Waals surface area contributed by atoms with E-state index in [-0.39, 0.29) is 11.7 Å². The Hall–Kier alpha value is -3.85. The Morgan fingerprint density at radius 1 is 1.00 bits per heavy atom. The van der Waals surface area contributed by atoms with E-state index in [1.54, 1.807) is 26.6 Å². The van der Waals surface area contributed by atoms with Gasteiger partial charge in [-0.15, -0.1) is 10.2 Å². The van der Waals surface area contributed by atoms with Crippen LogP contribution in [0.25, 0.3) is 17.1 Å². The van der Waals surface area contributed by atoms with Crippen molar-refractivity contribution >= 4 is 17.7 Å². The molecule has 2 aromatic heterocycles. The molecule has 174 valence electrons. The summed E-state index contributed by atoms with van der Waals surface area (Å²) >= 11 is 1.34. The van der Waals surface area contributed by atoms with Crippen LogP contribution < -0.4 is 14.8 Å². The molecule has 0 saturated heterocycles. The fourth-order valence-electron chi connectivity index (χ4n) is 3.42. The number of carbonyl (C=O) groups is 1. The summed E-state index contributed by atoms with van der Waals surface area (Å²) in [6.45, 7) is 0.515. The third kappa shape index (κ3) is 5.55. The summed E-state index contributed by atoms with van der Waals surface area (Å²) in [5.41, 5.74) is 2.82. The van der Waals surface area contributed by atoms with E-state index < -0.39 is 0 Å². The number of nitrogens with zero attached hydrogens (tertiary/aromatic N) is 4. The van der Waals surface area contributed by atoms with Gasteiger partial charge in [0.05, 0.1) is 20.0 Å². The molecule has 4 aromatic rings. The van der Waals surface area contributed by atoms with Crippen LogP contribution in [0.2, 0.25) is 0 Å². The van der Waals surface area contributed by atoms with Crippen LogP contribution in [0.3, 0.4) is 0 Å². The van der Waals surface area contributed by atoms with Crippen molar-refractivity contribution in [3.05, 3.63) is 78.6 Å². The van der Waals surface area contributed by atoms with E-state index in [1.165, 1.54) is 11.8 Å². The highest BCUT2D eigenvalue weighted by molar-refractivity contribution is 7.99. The van der Waals surface area contributed by atoms with Crippen LogP contribution in [0.5, 0.6) is 11.5 Å². The number of amides is 1. The van der Waals surface area contributed by atoms with E-state index in [1.807, 2.05) is 65.2 Å². The molecule has 2 heterocycles. The zero-order valence-corrected chi connectivity index (χ0v) is 19.8. The van der Waals surface area contributed by atoms with Crippen LogP contribution in [0.4, 0.5) is 0 Å². The Morgan fingerprint density at radius 3 is 2.56 bits per heavy atom. The van der Waals surface area contributed by atoms with Gasteiger partial charge in [0.1, 0.15) is 0 Å². The number of rotatable bonds is 10. The fourth-order valence-corrected chi connectivity index (χ4v) is 4.20. The average Bonchev–Trinajstić information content (AvgIpc) is 3.32. The van der Waals surface area contributed by atoms with Gasteiger partial charge in [-0.1, -0.05) is 36.0 Å². The van der Waals surface area contributed by atoms with Gasteiger partial charge in [-0.3, -0.25) is 14.3 Å². The fraction of sp³-hybridized carbons (Fsp3) is 0.200. The summed E-state index contributed by atoms with van der Waals surface area (Å²) in [6.07, 6.45) is 4.15. The first-order valence-electron chi connectivity index (χ1n) is 10.7. The van der Waals surface area contributed by atoms with Crippen molar-refractivity contribution in [3.8, 4) is 28.6 Å². The molecule has 0 aliphatic heterocycles. The van der Waals surface area contributed by atoms with E-state index in [2.05, 4.69) is 20.5 Å². The number of hydrogen-bond donors (Lipinski definition) is 1. The second kappa shape index (κ2) is 11.3. The molecule has 4 rings (SSSR count). The average molecular weight is 476 g/mol. The molecule has 0 spiro atoms. The van der Waals surface area contributed by atoms with Crippen LogP contribution in [0.1, 0.15) is 5.56 Å². The van der Waals surface area contributed by atoms with E-state index >= 15 is 0 Å². The Bertz CT molecular complexity index is 1230. The highest BCUT2D eigenvalue weighted by atomic mass is 32.2. The largest absolute Gasteiger partial charge is 0.493 e. The summed E-state index contributed by atoms with van der Waals surface area (Å²) in [7, 11) is 3.21. The van der Waals surface area contributed by atoms with E-state index in [9.17, 15) is 4.79 Å².